The van der Waals surface area contributed by atoms with Gasteiger partial charge in [-0.05, 0) is 24.3 Å². The van der Waals surface area contributed by atoms with E-state index >= 15 is 0 Å². The Bertz CT molecular complexity index is 480. The van der Waals surface area contributed by atoms with Gasteiger partial charge in [0.15, 0.2) is 12.6 Å². The van der Waals surface area contributed by atoms with Crippen molar-refractivity contribution in [3.05, 3.63) is 35.4 Å². The van der Waals surface area contributed by atoms with E-state index in [9.17, 15) is 0 Å². The number of ether oxygens (including phenoxy) is 2. The normalized spacial score (nSPS) is 33.4. The maximum Gasteiger partial charge on any atom is 0.201 e. The molecular weight excluding hydrogens is 256 g/mol. The van der Waals surface area contributed by atoms with Crippen molar-refractivity contribution in [2.45, 2.75) is 58.9 Å². The summed E-state index contributed by atoms with van der Waals surface area (Å²) in [5.74, 6) is 0.149. The van der Waals surface area contributed by atoms with Crippen molar-refractivity contribution >= 4 is 0 Å². The monoisotopic (exact) mass is 278 g/mol. The molecule has 1 fully saturated rings. The molecule has 4 nitrogen and oxygen atoms in total. The first kappa shape index (κ1) is 14.0. The van der Waals surface area contributed by atoms with Gasteiger partial charge < -0.3 is 9.47 Å². The zero-order valence-corrected chi connectivity index (χ0v) is 12.5. The second-order valence-electron chi connectivity index (χ2n) is 6.73. The third kappa shape index (κ3) is 2.74. The molecule has 4 heteroatoms. The van der Waals surface area contributed by atoms with E-state index in [1.807, 2.05) is 13.0 Å². The van der Waals surface area contributed by atoms with E-state index in [-0.39, 0.29) is 11.3 Å². The Balaban J connectivity index is 2.00. The van der Waals surface area contributed by atoms with Gasteiger partial charge in [-0.2, -0.15) is 0 Å². The first-order valence-corrected chi connectivity index (χ1v) is 7.16. The lowest BCUT2D eigenvalue weighted by Gasteiger charge is -2.37. The average molecular weight is 278 g/mol. The van der Waals surface area contributed by atoms with Gasteiger partial charge in [0, 0.05) is 11.5 Å². The fourth-order valence-electron chi connectivity index (χ4n) is 2.89. The van der Waals surface area contributed by atoms with Crippen LogP contribution in [0.2, 0.25) is 0 Å². The van der Waals surface area contributed by atoms with Crippen LogP contribution >= 0.6 is 0 Å². The van der Waals surface area contributed by atoms with Crippen LogP contribution in [0.4, 0.5) is 0 Å². The summed E-state index contributed by atoms with van der Waals surface area (Å²) in [7, 11) is 0. The Labute approximate surface area is 119 Å². The molecule has 1 unspecified atom stereocenters. The average Bonchev–Trinajstić information content (AvgIpc) is 2.54. The molecule has 1 aromatic carbocycles. The van der Waals surface area contributed by atoms with Crippen LogP contribution in [0.3, 0.4) is 0 Å². The molecule has 1 saturated heterocycles. The van der Waals surface area contributed by atoms with Gasteiger partial charge in [-0.3, -0.25) is 0 Å². The van der Waals surface area contributed by atoms with Crippen LogP contribution in [0.1, 0.15) is 57.5 Å². The minimum atomic E-state index is -0.438. The summed E-state index contributed by atoms with van der Waals surface area (Å²) in [6.07, 6.45) is -0.311. The van der Waals surface area contributed by atoms with Crippen molar-refractivity contribution < 1.29 is 19.2 Å². The molecule has 110 valence electrons. The van der Waals surface area contributed by atoms with Gasteiger partial charge >= 0.3 is 0 Å². The van der Waals surface area contributed by atoms with Crippen LogP contribution in [0, 0.1) is 5.41 Å². The van der Waals surface area contributed by atoms with Crippen molar-refractivity contribution in [1.29, 1.82) is 0 Å². The van der Waals surface area contributed by atoms with Crippen LogP contribution in [0.25, 0.3) is 0 Å². The number of hydrogen-bond donors (Lipinski definition) is 0. The van der Waals surface area contributed by atoms with Crippen LogP contribution in [-0.2, 0) is 19.2 Å². The molecule has 4 atom stereocenters. The number of fused-ring (bicyclic) bond motifs is 4. The molecule has 2 aliphatic heterocycles. The molecule has 0 radical (unpaired) electrons. The molecule has 0 amide bonds. The molecule has 20 heavy (non-hydrogen) atoms. The van der Waals surface area contributed by atoms with Gasteiger partial charge in [0.25, 0.3) is 0 Å². The standard InChI is InChI=1S/C16H22O4/c1-10-17-14-12-8-6-5-7-11(12)13(9-16(2,3)4)15(18-14)20-19-10/h5-8,10,13-15H,9H2,1-4H3/t10?,13-,14+,15+/m0/s1. The Hall–Kier alpha value is -0.940. The molecule has 0 aromatic heterocycles. The summed E-state index contributed by atoms with van der Waals surface area (Å²) in [6, 6.07) is 8.26. The predicted octanol–water partition coefficient (Wildman–Crippen LogP) is 3.89. The number of rotatable bonds is 1. The molecular formula is C16H22O4. The van der Waals surface area contributed by atoms with Gasteiger partial charge in [0.05, 0.1) is 0 Å². The summed E-state index contributed by atoms with van der Waals surface area (Å²) in [4.78, 5) is 10.7. The predicted molar refractivity (Wildman–Crippen MR) is 73.6 cm³/mol. The minimum absolute atomic E-state index is 0.149. The largest absolute Gasteiger partial charge is 0.317 e. The topological polar surface area (TPSA) is 36.9 Å². The summed E-state index contributed by atoms with van der Waals surface area (Å²) in [5.41, 5.74) is 2.50. The Morgan fingerprint density at radius 1 is 1.00 bits per heavy atom. The van der Waals surface area contributed by atoms with E-state index in [1.54, 1.807) is 0 Å². The van der Waals surface area contributed by atoms with Crippen LogP contribution in [-0.4, -0.2) is 12.6 Å². The minimum Gasteiger partial charge on any atom is -0.317 e. The molecule has 0 N–H and O–H groups in total. The highest BCUT2D eigenvalue weighted by molar-refractivity contribution is 5.34. The van der Waals surface area contributed by atoms with Crippen LogP contribution < -0.4 is 0 Å². The lowest BCUT2D eigenvalue weighted by molar-refractivity contribution is -0.399. The van der Waals surface area contributed by atoms with Gasteiger partial charge in [0.1, 0.15) is 0 Å². The second kappa shape index (κ2) is 5.11. The third-order valence-corrected chi connectivity index (χ3v) is 3.67. The van der Waals surface area contributed by atoms with Gasteiger partial charge in [0.2, 0.25) is 6.29 Å². The fraction of sp³-hybridized carbons (Fsp3) is 0.625. The van der Waals surface area contributed by atoms with E-state index in [1.165, 1.54) is 5.56 Å². The summed E-state index contributed by atoms with van der Waals surface area (Å²) in [5, 5.41) is 0. The maximum absolute atomic E-state index is 5.93. The quantitative estimate of drug-likeness (QED) is 0.730. The van der Waals surface area contributed by atoms with Gasteiger partial charge in [-0.15, -0.1) is 0 Å². The summed E-state index contributed by atoms with van der Waals surface area (Å²) >= 11 is 0. The number of benzene rings is 1. The van der Waals surface area contributed by atoms with E-state index in [0.29, 0.717) is 0 Å². The van der Waals surface area contributed by atoms with Crippen molar-refractivity contribution in [3.63, 3.8) is 0 Å². The molecule has 0 aliphatic carbocycles. The Kier molecular flexibility index (Phi) is 3.58. The zero-order valence-electron chi connectivity index (χ0n) is 12.5. The fourth-order valence-corrected chi connectivity index (χ4v) is 2.89. The smallest absolute Gasteiger partial charge is 0.201 e. The first-order chi connectivity index (χ1) is 9.44. The van der Waals surface area contributed by atoms with Crippen molar-refractivity contribution in [2.24, 2.45) is 5.41 Å². The lowest BCUT2D eigenvalue weighted by atomic mass is 9.78. The first-order valence-electron chi connectivity index (χ1n) is 7.16. The zero-order chi connectivity index (χ0) is 14.3. The van der Waals surface area contributed by atoms with Crippen molar-refractivity contribution in [2.75, 3.05) is 0 Å². The van der Waals surface area contributed by atoms with Crippen LogP contribution in [0.15, 0.2) is 24.3 Å². The van der Waals surface area contributed by atoms with Gasteiger partial charge in [-0.1, -0.05) is 45.0 Å². The van der Waals surface area contributed by atoms with Gasteiger partial charge in [-0.25, -0.2) is 9.78 Å². The SMILES string of the molecule is CC1OO[C@H]2O[C@@H](O1)c1ccccc1[C@@H]2CC(C)(C)C. The van der Waals surface area contributed by atoms with Crippen molar-refractivity contribution in [1.82, 2.24) is 0 Å². The number of hydrogen-bond acceptors (Lipinski definition) is 4. The van der Waals surface area contributed by atoms with Crippen LogP contribution in [0.5, 0.6) is 0 Å². The van der Waals surface area contributed by atoms with E-state index in [2.05, 4.69) is 39.0 Å². The molecule has 3 rings (SSSR count). The highest BCUT2D eigenvalue weighted by atomic mass is 17.3. The Morgan fingerprint density at radius 2 is 1.70 bits per heavy atom. The second-order valence-corrected chi connectivity index (χ2v) is 6.73. The van der Waals surface area contributed by atoms with E-state index in [0.717, 1.165) is 12.0 Å². The highest BCUT2D eigenvalue weighted by Crippen LogP contribution is 2.45. The molecule has 0 spiro atoms. The lowest BCUT2D eigenvalue weighted by Crippen LogP contribution is -2.33. The summed E-state index contributed by atoms with van der Waals surface area (Å²) in [6.45, 7) is 8.47. The highest BCUT2D eigenvalue weighted by Gasteiger charge is 2.42. The summed E-state index contributed by atoms with van der Waals surface area (Å²) < 4.78 is 11.7. The molecule has 2 bridgehead atoms. The Morgan fingerprint density at radius 3 is 2.40 bits per heavy atom. The third-order valence-electron chi connectivity index (χ3n) is 3.67. The maximum atomic E-state index is 5.93. The molecule has 1 aromatic rings. The molecule has 0 saturated carbocycles. The van der Waals surface area contributed by atoms with Crippen molar-refractivity contribution in [3.8, 4) is 0 Å². The van der Waals surface area contributed by atoms with E-state index in [4.69, 9.17) is 19.2 Å². The molecule has 2 aliphatic rings. The molecule has 2 heterocycles. The van der Waals surface area contributed by atoms with E-state index < -0.39 is 18.9 Å².